The van der Waals surface area contributed by atoms with Crippen molar-refractivity contribution in [3.05, 3.63) is 41.1 Å². The first-order valence-corrected chi connectivity index (χ1v) is 7.73. The Morgan fingerprint density at radius 2 is 2.10 bits per heavy atom. The molecule has 0 aliphatic rings. The van der Waals surface area contributed by atoms with Gasteiger partial charge in [0.05, 0.1) is 10.5 Å². The second-order valence-electron chi connectivity index (χ2n) is 4.52. The number of anilines is 1. The number of rotatable bonds is 5. The van der Waals surface area contributed by atoms with Crippen molar-refractivity contribution in [2.75, 3.05) is 4.72 Å². The van der Waals surface area contributed by atoms with Crippen LogP contribution in [0.25, 0.3) is 0 Å². The fourth-order valence-electron chi connectivity index (χ4n) is 1.90. The summed E-state index contributed by atoms with van der Waals surface area (Å²) >= 11 is 0. The van der Waals surface area contributed by atoms with Crippen LogP contribution < -0.4 is 4.72 Å². The Labute approximate surface area is 122 Å². The molecule has 2 aromatic rings. The van der Waals surface area contributed by atoms with Crippen LogP contribution in [0.4, 0.5) is 5.82 Å². The van der Waals surface area contributed by atoms with Gasteiger partial charge in [0.25, 0.3) is 10.0 Å². The van der Waals surface area contributed by atoms with E-state index in [0.717, 1.165) is 6.07 Å². The van der Waals surface area contributed by atoms with Crippen molar-refractivity contribution >= 4 is 21.8 Å². The maximum atomic E-state index is 12.2. The number of aryl methyl sites for hydroxylation is 2. The number of nitrogens with zero attached hydrogens (tertiary/aromatic N) is 1. The molecular weight excluding hydrogens is 294 g/mol. The van der Waals surface area contributed by atoms with Gasteiger partial charge >= 0.3 is 5.97 Å². The molecule has 1 aromatic heterocycles. The predicted octanol–water partition coefficient (Wildman–Crippen LogP) is 1.78. The van der Waals surface area contributed by atoms with Crippen LogP contribution in [0, 0.1) is 6.92 Å². The number of nitrogens with one attached hydrogen (secondary N) is 2. The van der Waals surface area contributed by atoms with Gasteiger partial charge in [-0.2, -0.15) is 5.10 Å². The van der Waals surface area contributed by atoms with Gasteiger partial charge in [-0.15, -0.1) is 0 Å². The van der Waals surface area contributed by atoms with Gasteiger partial charge < -0.3 is 5.11 Å². The van der Waals surface area contributed by atoms with Gasteiger partial charge in [0.2, 0.25) is 0 Å². The topological polar surface area (TPSA) is 112 Å². The van der Waals surface area contributed by atoms with Crippen LogP contribution in [0.15, 0.2) is 29.2 Å². The third-order valence-corrected chi connectivity index (χ3v) is 4.30. The number of aromatic carboxylic acids is 1. The number of carboxylic acids is 1. The van der Waals surface area contributed by atoms with E-state index in [0.29, 0.717) is 17.7 Å². The van der Waals surface area contributed by atoms with Crippen molar-refractivity contribution in [3.8, 4) is 0 Å². The summed E-state index contributed by atoms with van der Waals surface area (Å²) in [5.74, 6) is -0.997. The molecule has 0 atom stereocenters. The third-order valence-electron chi connectivity index (χ3n) is 2.95. The van der Waals surface area contributed by atoms with E-state index in [4.69, 9.17) is 5.11 Å². The van der Waals surface area contributed by atoms with Crippen LogP contribution in [-0.4, -0.2) is 29.7 Å². The highest BCUT2D eigenvalue weighted by atomic mass is 32.2. The van der Waals surface area contributed by atoms with Crippen LogP contribution in [-0.2, 0) is 16.4 Å². The van der Waals surface area contributed by atoms with Crippen molar-refractivity contribution in [1.82, 2.24) is 10.2 Å². The lowest BCUT2D eigenvalue weighted by Gasteiger charge is -2.09. The Morgan fingerprint density at radius 3 is 2.62 bits per heavy atom. The average molecular weight is 309 g/mol. The molecule has 0 spiro atoms. The lowest BCUT2D eigenvalue weighted by atomic mass is 10.1. The van der Waals surface area contributed by atoms with Crippen molar-refractivity contribution in [3.63, 3.8) is 0 Å². The molecule has 0 radical (unpaired) electrons. The van der Waals surface area contributed by atoms with Gasteiger partial charge in [-0.1, -0.05) is 13.0 Å². The van der Waals surface area contributed by atoms with Gasteiger partial charge in [-0.25, -0.2) is 13.2 Å². The molecular formula is C13H15N3O4S. The molecule has 0 unspecified atom stereocenters. The zero-order valence-electron chi connectivity index (χ0n) is 11.5. The van der Waals surface area contributed by atoms with Crippen LogP contribution in [0.5, 0.6) is 0 Å². The number of benzene rings is 1. The molecule has 0 saturated carbocycles. The number of carboxylic acid groups (broad SMARTS) is 1. The standard InChI is InChI=1S/C13H15N3O4S/c1-3-9-4-5-10(7-11(9)13(17)18)21(19,20)16-12-6-8(2)14-15-12/h4-7H,3H2,1-2H3,(H,17,18)(H2,14,15,16). The predicted molar refractivity (Wildman–Crippen MR) is 76.9 cm³/mol. The number of hydrogen-bond acceptors (Lipinski definition) is 4. The normalized spacial score (nSPS) is 11.3. The van der Waals surface area contributed by atoms with E-state index in [2.05, 4.69) is 14.9 Å². The highest BCUT2D eigenvalue weighted by molar-refractivity contribution is 7.92. The first kappa shape index (κ1) is 15.0. The molecule has 112 valence electrons. The molecule has 0 amide bonds. The Hall–Kier alpha value is -2.35. The van der Waals surface area contributed by atoms with Crippen LogP contribution in [0.2, 0.25) is 0 Å². The number of H-pyrrole nitrogens is 1. The van der Waals surface area contributed by atoms with E-state index in [1.807, 2.05) is 0 Å². The van der Waals surface area contributed by atoms with Gasteiger partial charge in [-0.3, -0.25) is 9.82 Å². The van der Waals surface area contributed by atoms with E-state index >= 15 is 0 Å². The average Bonchev–Trinajstić information content (AvgIpc) is 2.82. The maximum Gasteiger partial charge on any atom is 0.336 e. The Morgan fingerprint density at radius 1 is 1.38 bits per heavy atom. The quantitative estimate of drug-likeness (QED) is 0.779. The van der Waals surface area contributed by atoms with E-state index in [9.17, 15) is 13.2 Å². The third kappa shape index (κ3) is 3.22. The SMILES string of the molecule is CCc1ccc(S(=O)(=O)Nc2cc(C)[nH]n2)cc1C(=O)O. The zero-order valence-corrected chi connectivity index (χ0v) is 12.4. The first-order chi connectivity index (χ1) is 9.83. The number of carbonyl (C=O) groups is 1. The summed E-state index contributed by atoms with van der Waals surface area (Å²) in [6.45, 7) is 3.55. The number of sulfonamides is 1. The Bertz CT molecular complexity index is 780. The van der Waals surface area contributed by atoms with Crippen LogP contribution >= 0.6 is 0 Å². The first-order valence-electron chi connectivity index (χ1n) is 6.24. The van der Waals surface area contributed by atoms with Crippen LogP contribution in [0.1, 0.15) is 28.5 Å². The molecule has 2 rings (SSSR count). The number of aromatic nitrogens is 2. The van der Waals surface area contributed by atoms with Gasteiger partial charge in [0, 0.05) is 11.8 Å². The van der Waals surface area contributed by atoms with E-state index in [1.165, 1.54) is 18.2 Å². The van der Waals surface area contributed by atoms with E-state index in [1.54, 1.807) is 13.8 Å². The van der Waals surface area contributed by atoms with E-state index in [-0.39, 0.29) is 16.3 Å². The fourth-order valence-corrected chi connectivity index (χ4v) is 2.91. The molecule has 3 N–H and O–H groups in total. The summed E-state index contributed by atoms with van der Waals surface area (Å²) in [6, 6.07) is 5.58. The molecule has 8 heteroatoms. The molecule has 0 saturated heterocycles. The highest BCUT2D eigenvalue weighted by Crippen LogP contribution is 2.19. The lowest BCUT2D eigenvalue weighted by Crippen LogP contribution is -2.14. The summed E-state index contributed by atoms with van der Waals surface area (Å²) in [4.78, 5) is 11.1. The van der Waals surface area contributed by atoms with Crippen molar-refractivity contribution in [1.29, 1.82) is 0 Å². The summed E-state index contributed by atoms with van der Waals surface area (Å²) in [5, 5.41) is 15.6. The minimum Gasteiger partial charge on any atom is -0.478 e. The highest BCUT2D eigenvalue weighted by Gasteiger charge is 2.19. The van der Waals surface area contributed by atoms with Crippen LogP contribution in [0.3, 0.4) is 0 Å². The number of aromatic amines is 1. The van der Waals surface area contributed by atoms with Crippen molar-refractivity contribution in [2.24, 2.45) is 0 Å². The molecule has 0 aliphatic heterocycles. The summed E-state index contributed by atoms with van der Waals surface area (Å²) < 4.78 is 26.8. The monoisotopic (exact) mass is 309 g/mol. The largest absolute Gasteiger partial charge is 0.478 e. The summed E-state index contributed by atoms with van der Waals surface area (Å²) in [7, 11) is -3.88. The van der Waals surface area contributed by atoms with Gasteiger partial charge in [0.15, 0.2) is 5.82 Å². The minimum atomic E-state index is -3.88. The summed E-state index contributed by atoms with van der Waals surface area (Å²) in [5.41, 5.74) is 1.27. The van der Waals surface area contributed by atoms with Crippen molar-refractivity contribution < 1.29 is 18.3 Å². The lowest BCUT2D eigenvalue weighted by molar-refractivity contribution is 0.0695. The van der Waals surface area contributed by atoms with Gasteiger partial charge in [-0.05, 0) is 31.0 Å². The molecule has 1 heterocycles. The Balaban J connectivity index is 2.40. The number of hydrogen-bond donors (Lipinski definition) is 3. The molecule has 0 aliphatic carbocycles. The second kappa shape index (κ2) is 5.57. The molecule has 0 fully saturated rings. The maximum absolute atomic E-state index is 12.2. The van der Waals surface area contributed by atoms with Gasteiger partial charge in [0.1, 0.15) is 0 Å². The molecule has 0 bridgehead atoms. The fraction of sp³-hybridized carbons (Fsp3) is 0.231. The zero-order chi connectivity index (χ0) is 15.6. The second-order valence-corrected chi connectivity index (χ2v) is 6.20. The molecule has 21 heavy (non-hydrogen) atoms. The summed E-state index contributed by atoms with van der Waals surface area (Å²) in [6.07, 6.45) is 0.508. The van der Waals surface area contributed by atoms with Crippen molar-refractivity contribution in [2.45, 2.75) is 25.2 Å². The van der Waals surface area contributed by atoms with E-state index < -0.39 is 16.0 Å². The molecule has 1 aromatic carbocycles. The Kier molecular flexibility index (Phi) is 3.99. The minimum absolute atomic E-state index is 0.0152. The smallest absolute Gasteiger partial charge is 0.336 e. The molecule has 7 nitrogen and oxygen atoms in total.